The molecule has 0 fully saturated rings. The number of benzene rings is 1. The summed E-state index contributed by atoms with van der Waals surface area (Å²) in [7, 11) is 0. The van der Waals surface area contributed by atoms with Crippen molar-refractivity contribution in [3.05, 3.63) is 62.0 Å². The molecule has 1 aromatic heterocycles. The van der Waals surface area contributed by atoms with Gasteiger partial charge in [-0.25, -0.2) is 4.79 Å². The molecule has 2 aromatic rings. The molecular weight excluding hydrogens is 289 g/mol. The van der Waals surface area contributed by atoms with E-state index in [-0.39, 0.29) is 5.56 Å². The topological polar surface area (TPSA) is 59.3 Å². The van der Waals surface area contributed by atoms with E-state index in [1.807, 2.05) is 0 Å². The third-order valence-electron chi connectivity index (χ3n) is 2.66. The first-order valence-corrected chi connectivity index (χ1v) is 6.08. The molecule has 19 heavy (non-hydrogen) atoms. The van der Waals surface area contributed by atoms with Gasteiger partial charge in [-0.2, -0.15) is 0 Å². The Morgan fingerprint density at radius 2 is 1.89 bits per heavy atom. The van der Waals surface area contributed by atoms with Crippen LogP contribution in [0.15, 0.2) is 35.3 Å². The molecule has 4 nitrogen and oxygen atoms in total. The van der Waals surface area contributed by atoms with Crippen molar-refractivity contribution in [1.29, 1.82) is 0 Å². The molecule has 0 unspecified atom stereocenters. The van der Waals surface area contributed by atoms with E-state index in [1.165, 1.54) is 12.3 Å². The second kappa shape index (κ2) is 5.07. The van der Waals surface area contributed by atoms with E-state index >= 15 is 0 Å². The number of hydrogen-bond acceptors (Lipinski definition) is 2. The van der Waals surface area contributed by atoms with E-state index in [9.17, 15) is 9.59 Å². The second-order valence-electron chi connectivity index (χ2n) is 3.97. The van der Waals surface area contributed by atoms with Gasteiger partial charge in [0.2, 0.25) is 0 Å². The van der Waals surface area contributed by atoms with Gasteiger partial charge in [-0.1, -0.05) is 23.2 Å². The molecule has 0 amide bonds. The van der Waals surface area contributed by atoms with E-state index < -0.39 is 11.4 Å². The van der Waals surface area contributed by atoms with Crippen molar-refractivity contribution < 1.29 is 9.90 Å². The van der Waals surface area contributed by atoms with Gasteiger partial charge in [0, 0.05) is 23.6 Å². The molecule has 0 spiro atoms. The lowest BCUT2D eigenvalue weighted by molar-refractivity contribution is 0.0695. The van der Waals surface area contributed by atoms with Crippen LogP contribution < -0.4 is 5.43 Å². The van der Waals surface area contributed by atoms with Crippen molar-refractivity contribution in [3.8, 4) is 5.69 Å². The fourth-order valence-corrected chi connectivity index (χ4v) is 2.00. The Kier molecular flexibility index (Phi) is 3.64. The first kappa shape index (κ1) is 13.6. The standard InChI is InChI=1S/C13H9Cl2NO3/c1-7-4-12(17)9(13(18)19)6-16(7)8-2-3-10(14)11(15)5-8/h2-6H,1H3,(H,18,19). The number of carboxylic acids is 1. The van der Waals surface area contributed by atoms with Crippen LogP contribution in [-0.2, 0) is 0 Å². The lowest BCUT2D eigenvalue weighted by Gasteiger charge is -2.12. The number of rotatable bonds is 2. The number of carboxylic acid groups (broad SMARTS) is 1. The van der Waals surface area contributed by atoms with Gasteiger partial charge < -0.3 is 9.67 Å². The monoisotopic (exact) mass is 297 g/mol. The number of carbonyl (C=O) groups is 1. The minimum atomic E-state index is -1.26. The Morgan fingerprint density at radius 1 is 1.21 bits per heavy atom. The van der Waals surface area contributed by atoms with Gasteiger partial charge in [0.05, 0.1) is 10.0 Å². The SMILES string of the molecule is Cc1cc(=O)c(C(=O)O)cn1-c1ccc(Cl)c(Cl)c1. The minimum absolute atomic E-state index is 0.295. The van der Waals surface area contributed by atoms with Gasteiger partial charge in [-0.15, -0.1) is 0 Å². The van der Waals surface area contributed by atoms with Crippen LogP contribution in [-0.4, -0.2) is 15.6 Å². The van der Waals surface area contributed by atoms with Crippen molar-refractivity contribution in [1.82, 2.24) is 4.57 Å². The maximum Gasteiger partial charge on any atom is 0.341 e. The Bertz CT molecular complexity index is 722. The lowest BCUT2D eigenvalue weighted by atomic mass is 10.2. The van der Waals surface area contributed by atoms with Gasteiger partial charge in [-0.05, 0) is 25.1 Å². The highest BCUT2D eigenvalue weighted by molar-refractivity contribution is 6.42. The van der Waals surface area contributed by atoms with E-state index in [0.29, 0.717) is 21.4 Å². The van der Waals surface area contributed by atoms with E-state index in [0.717, 1.165) is 0 Å². The number of halogens is 2. The number of aryl methyl sites for hydroxylation is 1. The zero-order valence-electron chi connectivity index (χ0n) is 9.85. The first-order chi connectivity index (χ1) is 8.90. The highest BCUT2D eigenvalue weighted by Crippen LogP contribution is 2.24. The number of hydrogen-bond donors (Lipinski definition) is 1. The van der Waals surface area contributed by atoms with Crippen molar-refractivity contribution >= 4 is 29.2 Å². The minimum Gasteiger partial charge on any atom is -0.477 e. The molecule has 6 heteroatoms. The summed E-state index contributed by atoms with van der Waals surface area (Å²) in [5.74, 6) is -1.26. The summed E-state index contributed by atoms with van der Waals surface area (Å²) in [6.07, 6.45) is 1.28. The summed E-state index contributed by atoms with van der Waals surface area (Å²) in [5, 5.41) is 9.73. The van der Waals surface area contributed by atoms with Crippen molar-refractivity contribution in [2.45, 2.75) is 6.92 Å². The molecule has 2 rings (SSSR count). The second-order valence-corrected chi connectivity index (χ2v) is 4.78. The summed E-state index contributed by atoms with van der Waals surface area (Å²) in [4.78, 5) is 22.5. The summed E-state index contributed by atoms with van der Waals surface area (Å²) in [5.41, 5.74) is 0.417. The Labute approximate surface area is 118 Å². The summed E-state index contributed by atoms with van der Waals surface area (Å²) < 4.78 is 1.58. The number of pyridine rings is 1. The molecular formula is C13H9Cl2NO3. The summed E-state index contributed by atoms with van der Waals surface area (Å²) in [6, 6.07) is 6.17. The van der Waals surface area contributed by atoms with Gasteiger partial charge in [0.25, 0.3) is 0 Å². The smallest absolute Gasteiger partial charge is 0.341 e. The zero-order valence-corrected chi connectivity index (χ0v) is 11.4. The van der Waals surface area contributed by atoms with Crippen LogP contribution in [0.5, 0.6) is 0 Å². The van der Waals surface area contributed by atoms with Gasteiger partial charge >= 0.3 is 5.97 Å². The molecule has 0 saturated carbocycles. The molecule has 0 aliphatic carbocycles. The van der Waals surface area contributed by atoms with Crippen LogP contribution in [0, 0.1) is 6.92 Å². The van der Waals surface area contributed by atoms with E-state index in [4.69, 9.17) is 28.3 Å². The van der Waals surface area contributed by atoms with Crippen molar-refractivity contribution in [3.63, 3.8) is 0 Å². The molecule has 0 saturated heterocycles. The molecule has 0 radical (unpaired) electrons. The van der Waals surface area contributed by atoms with Crippen LogP contribution in [0.2, 0.25) is 10.0 Å². The third kappa shape index (κ3) is 2.64. The van der Waals surface area contributed by atoms with Crippen LogP contribution >= 0.6 is 23.2 Å². The molecule has 0 aliphatic rings. The molecule has 1 N–H and O–H groups in total. The Balaban J connectivity index is 2.68. The molecule has 1 aromatic carbocycles. The number of aromatic carboxylic acids is 1. The molecule has 98 valence electrons. The predicted octanol–water partition coefficient (Wildman–Crippen LogP) is 3.15. The highest BCUT2D eigenvalue weighted by atomic mass is 35.5. The van der Waals surface area contributed by atoms with Gasteiger partial charge in [-0.3, -0.25) is 4.79 Å². The van der Waals surface area contributed by atoms with Crippen LogP contribution in [0.25, 0.3) is 5.69 Å². The predicted molar refractivity (Wildman–Crippen MR) is 73.8 cm³/mol. The normalized spacial score (nSPS) is 10.5. The van der Waals surface area contributed by atoms with Gasteiger partial charge in [0.1, 0.15) is 5.56 Å². The largest absolute Gasteiger partial charge is 0.477 e. The maximum atomic E-state index is 11.5. The molecule has 0 atom stereocenters. The zero-order chi connectivity index (χ0) is 14.2. The number of aromatic nitrogens is 1. The van der Waals surface area contributed by atoms with Crippen molar-refractivity contribution in [2.24, 2.45) is 0 Å². The van der Waals surface area contributed by atoms with Crippen LogP contribution in [0.3, 0.4) is 0 Å². The average Bonchev–Trinajstić information content (AvgIpc) is 2.32. The fraction of sp³-hybridized carbons (Fsp3) is 0.0769. The lowest BCUT2D eigenvalue weighted by Crippen LogP contribution is -2.18. The fourth-order valence-electron chi connectivity index (χ4n) is 1.71. The summed E-state index contributed by atoms with van der Waals surface area (Å²) >= 11 is 11.8. The Hall–Kier alpha value is -1.78. The van der Waals surface area contributed by atoms with E-state index in [2.05, 4.69) is 0 Å². The van der Waals surface area contributed by atoms with Crippen LogP contribution in [0.4, 0.5) is 0 Å². The Morgan fingerprint density at radius 3 is 2.47 bits per heavy atom. The molecule has 1 heterocycles. The highest BCUT2D eigenvalue weighted by Gasteiger charge is 2.12. The maximum absolute atomic E-state index is 11.5. The third-order valence-corrected chi connectivity index (χ3v) is 3.39. The average molecular weight is 298 g/mol. The summed E-state index contributed by atoms with van der Waals surface area (Å²) in [6.45, 7) is 1.70. The quantitative estimate of drug-likeness (QED) is 0.926. The van der Waals surface area contributed by atoms with Crippen LogP contribution in [0.1, 0.15) is 16.1 Å². The molecule has 0 aliphatic heterocycles. The number of nitrogens with zero attached hydrogens (tertiary/aromatic N) is 1. The van der Waals surface area contributed by atoms with Gasteiger partial charge in [0.15, 0.2) is 5.43 Å². The molecule has 0 bridgehead atoms. The first-order valence-electron chi connectivity index (χ1n) is 5.32. The van der Waals surface area contributed by atoms with E-state index in [1.54, 1.807) is 29.7 Å². The van der Waals surface area contributed by atoms with Crippen molar-refractivity contribution in [2.75, 3.05) is 0 Å².